The Kier molecular flexibility index (Phi) is 7.04. The van der Waals surface area contributed by atoms with E-state index in [0.29, 0.717) is 37.0 Å². The minimum Gasteiger partial charge on any atom is -0.497 e. The molecule has 4 rings (SSSR count). The largest absolute Gasteiger partial charge is 0.497 e. The first-order chi connectivity index (χ1) is 15.7. The molecule has 0 bridgehead atoms. The van der Waals surface area contributed by atoms with Crippen molar-refractivity contribution in [2.45, 2.75) is 38.5 Å². The highest BCUT2D eigenvalue weighted by Gasteiger charge is 2.28. The monoisotopic (exact) mass is 435 g/mol. The van der Waals surface area contributed by atoms with Crippen LogP contribution < -0.4 is 9.47 Å². The number of amides is 1. The molecule has 3 aromatic rings. The summed E-state index contributed by atoms with van der Waals surface area (Å²) >= 11 is 0. The topological polar surface area (TPSA) is 77.7 Å². The Morgan fingerprint density at radius 3 is 2.41 bits per heavy atom. The van der Waals surface area contributed by atoms with Crippen LogP contribution in [0.1, 0.15) is 54.8 Å². The number of benzene rings is 2. The first-order valence-electron chi connectivity index (χ1n) is 11.2. The van der Waals surface area contributed by atoms with Crippen molar-refractivity contribution in [3.63, 3.8) is 0 Å². The SMILES string of the molecule is CCCCOc1ccc(C(=O)N2CCC(c3nc(-c4ccc(OC)cc4)no3)CC2)cc1. The number of piperidine rings is 1. The smallest absolute Gasteiger partial charge is 0.253 e. The zero-order valence-corrected chi connectivity index (χ0v) is 18.6. The van der Waals surface area contributed by atoms with Crippen molar-refractivity contribution in [3.05, 3.63) is 60.0 Å². The summed E-state index contributed by atoms with van der Waals surface area (Å²) in [6, 6.07) is 15.0. The summed E-state index contributed by atoms with van der Waals surface area (Å²) in [6.45, 7) is 4.16. The minimum atomic E-state index is 0.0491. The van der Waals surface area contributed by atoms with E-state index in [4.69, 9.17) is 14.0 Å². The van der Waals surface area contributed by atoms with Gasteiger partial charge in [0.15, 0.2) is 0 Å². The number of likely N-dealkylation sites (tertiary alicyclic amines) is 1. The van der Waals surface area contributed by atoms with Gasteiger partial charge in [-0.05, 0) is 67.8 Å². The Morgan fingerprint density at radius 2 is 1.75 bits per heavy atom. The number of ether oxygens (including phenoxy) is 2. The number of aromatic nitrogens is 2. The molecule has 1 aromatic heterocycles. The standard InChI is InChI=1S/C25H29N3O4/c1-3-4-17-31-22-11-7-20(8-12-22)25(29)28-15-13-19(14-16-28)24-26-23(27-32-24)18-5-9-21(30-2)10-6-18/h5-12,19H,3-4,13-17H2,1-2H3. The van der Waals surface area contributed by atoms with E-state index >= 15 is 0 Å². The highest BCUT2D eigenvalue weighted by atomic mass is 16.5. The van der Waals surface area contributed by atoms with Crippen molar-refractivity contribution < 1.29 is 18.8 Å². The Balaban J connectivity index is 1.32. The average Bonchev–Trinajstić information content (AvgIpc) is 3.35. The summed E-state index contributed by atoms with van der Waals surface area (Å²) in [6.07, 6.45) is 3.72. The van der Waals surface area contributed by atoms with Crippen molar-refractivity contribution in [1.29, 1.82) is 0 Å². The third-order valence-corrected chi connectivity index (χ3v) is 5.79. The summed E-state index contributed by atoms with van der Waals surface area (Å²) in [5.74, 6) is 3.01. The molecule has 168 valence electrons. The van der Waals surface area contributed by atoms with Gasteiger partial charge in [0.1, 0.15) is 11.5 Å². The molecule has 0 atom stereocenters. The van der Waals surface area contributed by atoms with Crippen LogP contribution in [0.3, 0.4) is 0 Å². The number of rotatable bonds is 8. The Hall–Kier alpha value is -3.35. The normalized spacial score (nSPS) is 14.4. The second-order valence-electron chi connectivity index (χ2n) is 7.98. The Bertz CT molecular complexity index is 1010. The fourth-order valence-corrected chi connectivity index (χ4v) is 3.80. The van der Waals surface area contributed by atoms with E-state index in [-0.39, 0.29) is 11.8 Å². The first kappa shape index (κ1) is 21.9. The number of nitrogens with zero attached hydrogens (tertiary/aromatic N) is 3. The fourth-order valence-electron chi connectivity index (χ4n) is 3.80. The quantitative estimate of drug-likeness (QED) is 0.466. The third-order valence-electron chi connectivity index (χ3n) is 5.79. The second-order valence-corrected chi connectivity index (χ2v) is 7.98. The lowest BCUT2D eigenvalue weighted by atomic mass is 9.96. The molecular weight excluding hydrogens is 406 g/mol. The number of hydrogen-bond donors (Lipinski definition) is 0. The summed E-state index contributed by atoms with van der Waals surface area (Å²) in [5.41, 5.74) is 1.57. The summed E-state index contributed by atoms with van der Waals surface area (Å²) in [4.78, 5) is 19.4. The van der Waals surface area contributed by atoms with Crippen LogP contribution >= 0.6 is 0 Å². The predicted octanol–water partition coefficient (Wildman–Crippen LogP) is 4.94. The number of carbonyl (C=O) groups is 1. The number of unbranched alkanes of at least 4 members (excludes halogenated alkanes) is 1. The lowest BCUT2D eigenvalue weighted by molar-refractivity contribution is 0.0704. The van der Waals surface area contributed by atoms with Gasteiger partial charge < -0.3 is 18.9 Å². The van der Waals surface area contributed by atoms with Crippen LogP contribution in [0.2, 0.25) is 0 Å². The van der Waals surface area contributed by atoms with Crippen molar-refractivity contribution in [1.82, 2.24) is 15.0 Å². The molecule has 0 radical (unpaired) electrons. The van der Waals surface area contributed by atoms with Crippen LogP contribution in [0, 0.1) is 0 Å². The van der Waals surface area contributed by atoms with Crippen LogP contribution in [0.25, 0.3) is 11.4 Å². The molecule has 1 aliphatic heterocycles. The summed E-state index contributed by atoms with van der Waals surface area (Å²) in [5, 5.41) is 4.13. The lowest BCUT2D eigenvalue weighted by Gasteiger charge is -2.30. The molecule has 0 aliphatic carbocycles. The highest BCUT2D eigenvalue weighted by Crippen LogP contribution is 2.29. The molecule has 7 nitrogen and oxygen atoms in total. The van der Waals surface area contributed by atoms with E-state index < -0.39 is 0 Å². The maximum Gasteiger partial charge on any atom is 0.253 e. The van der Waals surface area contributed by atoms with Gasteiger partial charge in [-0.15, -0.1) is 0 Å². The van der Waals surface area contributed by atoms with Crippen molar-refractivity contribution in [3.8, 4) is 22.9 Å². The Labute approximate surface area is 188 Å². The number of methoxy groups -OCH3 is 1. The van der Waals surface area contributed by atoms with Crippen LogP contribution in [0.5, 0.6) is 11.5 Å². The zero-order valence-electron chi connectivity index (χ0n) is 18.6. The van der Waals surface area contributed by atoms with Gasteiger partial charge in [0.05, 0.1) is 13.7 Å². The predicted molar refractivity (Wildman–Crippen MR) is 121 cm³/mol. The molecule has 2 heterocycles. The van der Waals surface area contributed by atoms with Crippen LogP contribution in [-0.4, -0.2) is 47.8 Å². The second kappa shape index (κ2) is 10.3. The van der Waals surface area contributed by atoms with Gasteiger partial charge in [0.25, 0.3) is 5.91 Å². The van der Waals surface area contributed by atoms with Crippen LogP contribution in [0.15, 0.2) is 53.1 Å². The molecular formula is C25H29N3O4. The molecule has 1 fully saturated rings. The van der Waals surface area contributed by atoms with E-state index in [0.717, 1.165) is 42.7 Å². The van der Waals surface area contributed by atoms with E-state index in [9.17, 15) is 4.79 Å². The van der Waals surface area contributed by atoms with Crippen molar-refractivity contribution in [2.75, 3.05) is 26.8 Å². The van der Waals surface area contributed by atoms with Gasteiger partial charge in [-0.2, -0.15) is 4.98 Å². The fraction of sp³-hybridized carbons (Fsp3) is 0.400. The molecule has 0 N–H and O–H groups in total. The van der Waals surface area contributed by atoms with Crippen LogP contribution in [0.4, 0.5) is 0 Å². The van der Waals surface area contributed by atoms with Crippen LogP contribution in [-0.2, 0) is 0 Å². The molecule has 0 saturated carbocycles. The van der Waals surface area contributed by atoms with E-state index in [2.05, 4.69) is 17.1 Å². The lowest BCUT2D eigenvalue weighted by Crippen LogP contribution is -2.38. The van der Waals surface area contributed by atoms with Gasteiger partial charge >= 0.3 is 0 Å². The van der Waals surface area contributed by atoms with E-state index in [1.54, 1.807) is 7.11 Å². The number of carbonyl (C=O) groups excluding carboxylic acids is 1. The van der Waals surface area contributed by atoms with Gasteiger partial charge in [-0.1, -0.05) is 18.5 Å². The van der Waals surface area contributed by atoms with Crippen molar-refractivity contribution in [2.24, 2.45) is 0 Å². The third kappa shape index (κ3) is 5.10. The van der Waals surface area contributed by atoms with Gasteiger partial charge in [0.2, 0.25) is 11.7 Å². The number of hydrogen-bond acceptors (Lipinski definition) is 6. The van der Waals surface area contributed by atoms with E-state index in [1.807, 2.05) is 53.4 Å². The summed E-state index contributed by atoms with van der Waals surface area (Å²) in [7, 11) is 1.64. The minimum absolute atomic E-state index is 0.0491. The van der Waals surface area contributed by atoms with E-state index in [1.165, 1.54) is 0 Å². The molecule has 0 unspecified atom stereocenters. The molecule has 0 spiro atoms. The maximum absolute atomic E-state index is 12.9. The molecule has 32 heavy (non-hydrogen) atoms. The van der Waals surface area contributed by atoms with Gasteiger partial charge in [-0.3, -0.25) is 4.79 Å². The summed E-state index contributed by atoms with van der Waals surface area (Å²) < 4.78 is 16.4. The van der Waals surface area contributed by atoms with Crippen molar-refractivity contribution >= 4 is 5.91 Å². The molecule has 1 saturated heterocycles. The molecule has 1 aliphatic rings. The van der Waals surface area contributed by atoms with Gasteiger partial charge in [-0.25, -0.2) is 0 Å². The molecule has 2 aromatic carbocycles. The maximum atomic E-state index is 12.9. The first-order valence-corrected chi connectivity index (χ1v) is 11.2. The zero-order chi connectivity index (χ0) is 22.3. The van der Waals surface area contributed by atoms with Gasteiger partial charge in [0, 0.05) is 30.1 Å². The molecule has 7 heteroatoms. The Morgan fingerprint density at radius 1 is 1.06 bits per heavy atom. The molecule has 1 amide bonds. The average molecular weight is 436 g/mol. The highest BCUT2D eigenvalue weighted by molar-refractivity contribution is 5.94.